The standard InChI is InChI=1S/C41H38N4O/c1-40(2)25-13-5-9-17-29(25)44(30-18-10-6-14-26(30)40)33-21-23-42-37-35(33)39(46)36-34(22-24-43-38(36)37)45-31-19-11-7-15-27(31)41(3,4)28-16-8-12-20-32(28)45/h5-21,38,42-43H,22-24H2,1-4H3. The summed E-state index contributed by atoms with van der Waals surface area (Å²) in [4.78, 5) is 19.8. The summed E-state index contributed by atoms with van der Waals surface area (Å²) in [5, 5.41) is 7.41. The Morgan fingerprint density at radius 1 is 0.652 bits per heavy atom. The molecule has 1 unspecified atom stereocenters. The van der Waals surface area contributed by atoms with Crippen molar-refractivity contribution in [3.63, 3.8) is 0 Å². The third-order valence-electron chi connectivity index (χ3n) is 11.0. The second kappa shape index (κ2) is 9.57. The smallest absolute Gasteiger partial charge is 0.196 e. The molecule has 0 bridgehead atoms. The molecule has 2 N–H and O–H groups in total. The summed E-state index contributed by atoms with van der Waals surface area (Å²) in [6.07, 6.45) is 2.97. The van der Waals surface area contributed by atoms with Crippen molar-refractivity contribution in [3.05, 3.63) is 154 Å². The van der Waals surface area contributed by atoms with Gasteiger partial charge in [0.05, 0.1) is 28.7 Å². The SMILES string of the molecule is CC1(C)c2ccccc2N(C2=CCNC3=C2C(=O)C2=C(N4c5ccccc5C(C)(C)c5ccccc54)CCNC32)c2ccccc21. The van der Waals surface area contributed by atoms with Crippen LogP contribution in [0.5, 0.6) is 0 Å². The molecule has 5 aliphatic rings. The number of fused-ring (bicyclic) bond motifs is 6. The molecule has 4 aromatic rings. The number of para-hydroxylation sites is 4. The van der Waals surface area contributed by atoms with Crippen molar-refractivity contribution in [2.45, 2.75) is 51.0 Å². The predicted molar refractivity (Wildman–Crippen MR) is 186 cm³/mol. The van der Waals surface area contributed by atoms with Crippen LogP contribution in [0.1, 0.15) is 56.4 Å². The molecule has 0 saturated carbocycles. The van der Waals surface area contributed by atoms with Crippen molar-refractivity contribution in [2.24, 2.45) is 0 Å². The Bertz CT molecular complexity index is 1980. The lowest BCUT2D eigenvalue weighted by Gasteiger charge is -2.44. The van der Waals surface area contributed by atoms with Gasteiger partial charge in [0, 0.05) is 58.7 Å². The second-order valence-electron chi connectivity index (χ2n) is 14.1. The Hall–Kier alpha value is -4.87. The third-order valence-corrected chi connectivity index (χ3v) is 11.0. The van der Waals surface area contributed by atoms with Gasteiger partial charge < -0.3 is 20.4 Å². The molecule has 0 amide bonds. The van der Waals surface area contributed by atoms with Gasteiger partial charge in [-0.3, -0.25) is 4.79 Å². The zero-order valence-electron chi connectivity index (χ0n) is 26.8. The van der Waals surface area contributed by atoms with Gasteiger partial charge in [0.25, 0.3) is 0 Å². The highest BCUT2D eigenvalue weighted by Gasteiger charge is 2.48. The molecule has 46 heavy (non-hydrogen) atoms. The number of carbonyl (C=O) groups is 1. The van der Waals surface area contributed by atoms with Gasteiger partial charge >= 0.3 is 0 Å². The zero-order valence-corrected chi connectivity index (χ0v) is 26.8. The van der Waals surface area contributed by atoms with Crippen LogP contribution < -0.4 is 20.4 Å². The number of nitrogens with zero attached hydrogens (tertiary/aromatic N) is 2. The van der Waals surface area contributed by atoms with Gasteiger partial charge in [0.15, 0.2) is 5.78 Å². The van der Waals surface area contributed by atoms with Gasteiger partial charge in [-0.25, -0.2) is 0 Å². The first kappa shape index (κ1) is 27.4. The molecule has 9 rings (SSSR count). The number of carbonyl (C=O) groups excluding carboxylic acids is 1. The molecule has 0 spiro atoms. The molecule has 1 aliphatic carbocycles. The molecule has 0 radical (unpaired) electrons. The van der Waals surface area contributed by atoms with E-state index in [4.69, 9.17) is 0 Å². The molecule has 1 atom stereocenters. The van der Waals surface area contributed by atoms with Crippen LogP contribution in [0.15, 0.2) is 131 Å². The van der Waals surface area contributed by atoms with Crippen LogP contribution in [0.4, 0.5) is 22.7 Å². The number of hydrogen-bond donors (Lipinski definition) is 2. The highest BCUT2D eigenvalue weighted by atomic mass is 16.1. The minimum Gasteiger partial charge on any atom is -0.383 e. The maximum atomic E-state index is 15.1. The first-order chi connectivity index (χ1) is 22.3. The lowest BCUT2D eigenvalue weighted by molar-refractivity contribution is -0.111. The van der Waals surface area contributed by atoms with Crippen molar-refractivity contribution in [1.29, 1.82) is 0 Å². The number of nitrogens with one attached hydrogen (secondary N) is 2. The van der Waals surface area contributed by atoms with Crippen molar-refractivity contribution in [2.75, 3.05) is 22.9 Å². The van der Waals surface area contributed by atoms with Gasteiger partial charge in [-0.2, -0.15) is 0 Å². The summed E-state index contributed by atoms with van der Waals surface area (Å²) in [6, 6.07) is 34.6. The first-order valence-electron chi connectivity index (χ1n) is 16.5. The Kier molecular flexibility index (Phi) is 5.71. The fourth-order valence-corrected chi connectivity index (χ4v) is 8.78. The van der Waals surface area contributed by atoms with Crippen molar-refractivity contribution >= 4 is 28.5 Å². The maximum absolute atomic E-state index is 15.1. The van der Waals surface area contributed by atoms with Crippen LogP contribution >= 0.6 is 0 Å². The molecule has 0 saturated heterocycles. The van der Waals surface area contributed by atoms with E-state index in [0.29, 0.717) is 6.54 Å². The van der Waals surface area contributed by atoms with E-state index in [1.165, 1.54) is 22.3 Å². The van der Waals surface area contributed by atoms with E-state index in [2.05, 4.69) is 151 Å². The lowest BCUT2D eigenvalue weighted by Crippen LogP contribution is -2.44. The summed E-state index contributed by atoms with van der Waals surface area (Å²) in [6.45, 7) is 10.7. The van der Waals surface area contributed by atoms with E-state index in [9.17, 15) is 0 Å². The number of hydrogen-bond acceptors (Lipinski definition) is 5. The summed E-state index contributed by atoms with van der Waals surface area (Å²) >= 11 is 0. The maximum Gasteiger partial charge on any atom is 0.196 e. The highest BCUT2D eigenvalue weighted by molar-refractivity contribution is 6.18. The normalized spacial score (nSPS) is 21.8. The van der Waals surface area contributed by atoms with Crippen LogP contribution in [-0.2, 0) is 15.6 Å². The summed E-state index contributed by atoms with van der Waals surface area (Å²) in [5.74, 6) is 0.111. The number of benzene rings is 4. The van der Waals surface area contributed by atoms with E-state index >= 15 is 4.79 Å². The molecule has 5 nitrogen and oxygen atoms in total. The zero-order chi connectivity index (χ0) is 31.4. The average molecular weight is 603 g/mol. The van der Waals surface area contributed by atoms with Gasteiger partial charge in [-0.05, 0) is 52.6 Å². The largest absolute Gasteiger partial charge is 0.383 e. The molecule has 0 fully saturated rings. The Morgan fingerprint density at radius 3 is 1.61 bits per heavy atom. The van der Waals surface area contributed by atoms with E-state index in [1.54, 1.807) is 0 Å². The monoisotopic (exact) mass is 602 g/mol. The fourth-order valence-electron chi connectivity index (χ4n) is 8.78. The number of allylic oxidation sites excluding steroid dienone is 1. The Labute approximate surface area is 270 Å². The quantitative estimate of drug-likeness (QED) is 0.244. The molecule has 228 valence electrons. The molecule has 4 aliphatic heterocycles. The molecule has 4 heterocycles. The van der Waals surface area contributed by atoms with Crippen molar-refractivity contribution in [1.82, 2.24) is 10.6 Å². The van der Waals surface area contributed by atoms with E-state index in [-0.39, 0.29) is 22.7 Å². The molecular weight excluding hydrogens is 564 g/mol. The van der Waals surface area contributed by atoms with Gasteiger partial charge in [-0.15, -0.1) is 0 Å². The van der Waals surface area contributed by atoms with E-state index < -0.39 is 0 Å². The van der Waals surface area contributed by atoms with Crippen molar-refractivity contribution < 1.29 is 4.79 Å². The predicted octanol–water partition coefficient (Wildman–Crippen LogP) is 7.88. The first-order valence-corrected chi connectivity index (χ1v) is 16.5. The fraction of sp³-hybridized carbons (Fsp3) is 0.244. The van der Waals surface area contributed by atoms with Crippen LogP contribution in [0.3, 0.4) is 0 Å². The Morgan fingerprint density at radius 2 is 1.11 bits per heavy atom. The molecule has 0 aromatic heterocycles. The molecule has 5 heteroatoms. The van der Waals surface area contributed by atoms with Gasteiger partial charge in [0.1, 0.15) is 0 Å². The minimum atomic E-state index is -0.184. The second-order valence-corrected chi connectivity index (χ2v) is 14.1. The summed E-state index contributed by atoms with van der Waals surface area (Å²) in [7, 11) is 0. The van der Waals surface area contributed by atoms with Gasteiger partial charge in [-0.1, -0.05) is 100 Å². The summed E-state index contributed by atoms with van der Waals surface area (Å²) in [5.41, 5.74) is 14.1. The Balaban J connectivity index is 1.23. The molecular formula is C41H38N4O. The number of rotatable bonds is 2. The topological polar surface area (TPSA) is 47.6 Å². The lowest BCUT2D eigenvalue weighted by atomic mass is 9.73. The van der Waals surface area contributed by atoms with Gasteiger partial charge in [0.2, 0.25) is 0 Å². The number of Topliss-reactive ketones (excluding diaryl/α,β-unsaturated/α-hetero) is 1. The number of ketones is 1. The van der Waals surface area contributed by atoms with Crippen LogP contribution in [0.2, 0.25) is 0 Å². The highest BCUT2D eigenvalue weighted by Crippen LogP contribution is 2.54. The van der Waals surface area contributed by atoms with Crippen LogP contribution in [0, 0.1) is 0 Å². The summed E-state index contributed by atoms with van der Waals surface area (Å²) < 4.78 is 0. The number of dihydropyridines is 1. The third kappa shape index (κ3) is 3.52. The average Bonchev–Trinajstić information content (AvgIpc) is 3.38. The molecule has 4 aromatic carbocycles. The van der Waals surface area contributed by atoms with Crippen LogP contribution in [-0.4, -0.2) is 24.9 Å². The van der Waals surface area contributed by atoms with Crippen molar-refractivity contribution in [3.8, 4) is 0 Å². The minimum absolute atomic E-state index is 0.111. The van der Waals surface area contributed by atoms with Crippen LogP contribution in [0.25, 0.3) is 0 Å². The van der Waals surface area contributed by atoms with E-state index in [1.807, 2.05) is 0 Å². The number of anilines is 4. The van der Waals surface area contributed by atoms with E-state index in [0.717, 1.165) is 64.0 Å².